The maximum absolute atomic E-state index is 13.1. The zero-order valence-electron chi connectivity index (χ0n) is 23.4. The van der Waals surface area contributed by atoms with E-state index in [4.69, 9.17) is 14.2 Å². The standard InChI is InChI=1S/C31H33N5O6/c1-3-40-28-16-21(14-15-27(28)42-20-29(37)34-23-10-6-5-7-11-23)18-33-36-30(38)26(35-31(39)41-4-2)17-22-19-32-25-13-9-8-12-24(22)25/h5-16,18-19,26,32H,3-4,17,20H2,1-2H3,(H,34,37)(H,35,39)(H,36,38)/b33-18-/t26-/m1/s1. The Morgan fingerprint density at radius 3 is 2.50 bits per heavy atom. The summed E-state index contributed by atoms with van der Waals surface area (Å²) in [7, 11) is 0. The van der Waals surface area contributed by atoms with Crippen LogP contribution in [0.5, 0.6) is 11.5 Å². The fourth-order valence-corrected chi connectivity index (χ4v) is 4.15. The molecule has 0 aliphatic heterocycles. The predicted molar refractivity (Wildman–Crippen MR) is 160 cm³/mol. The molecule has 4 rings (SSSR count). The number of aromatic nitrogens is 1. The number of H-pyrrole nitrogens is 1. The van der Waals surface area contributed by atoms with Crippen LogP contribution in [0.15, 0.2) is 84.1 Å². The lowest BCUT2D eigenvalue weighted by Gasteiger charge is -2.16. The SMILES string of the molecule is CCOC(=O)N[C@H](Cc1c[nH]c2ccccc12)C(=O)N/N=C\c1ccc(OCC(=O)Nc2ccccc2)c(OCC)c1. The van der Waals surface area contributed by atoms with Crippen molar-refractivity contribution in [2.24, 2.45) is 5.10 Å². The van der Waals surface area contributed by atoms with Gasteiger partial charge in [0.2, 0.25) is 0 Å². The van der Waals surface area contributed by atoms with Gasteiger partial charge in [-0.3, -0.25) is 9.59 Å². The van der Waals surface area contributed by atoms with Gasteiger partial charge in [-0.25, -0.2) is 10.2 Å². The van der Waals surface area contributed by atoms with Crippen molar-refractivity contribution in [3.05, 3.63) is 90.1 Å². The van der Waals surface area contributed by atoms with Gasteiger partial charge in [0.15, 0.2) is 18.1 Å². The number of hydrazone groups is 1. The van der Waals surface area contributed by atoms with E-state index in [0.717, 1.165) is 16.5 Å². The van der Waals surface area contributed by atoms with Crippen LogP contribution in [-0.2, 0) is 20.7 Å². The summed E-state index contributed by atoms with van der Waals surface area (Å²) in [4.78, 5) is 40.7. The van der Waals surface area contributed by atoms with Crippen molar-refractivity contribution in [1.29, 1.82) is 0 Å². The van der Waals surface area contributed by atoms with Gasteiger partial charge in [-0.15, -0.1) is 0 Å². The molecule has 1 atom stereocenters. The van der Waals surface area contributed by atoms with Crippen LogP contribution < -0.4 is 25.5 Å². The first-order chi connectivity index (χ1) is 20.5. The van der Waals surface area contributed by atoms with Crippen molar-refractivity contribution >= 4 is 40.7 Å². The molecule has 3 amide bonds. The summed E-state index contributed by atoms with van der Waals surface area (Å²) in [6.45, 7) is 3.86. The fraction of sp³-hybridized carbons (Fsp3) is 0.226. The van der Waals surface area contributed by atoms with Gasteiger partial charge in [-0.05, 0) is 61.4 Å². The number of benzene rings is 3. The first-order valence-electron chi connectivity index (χ1n) is 13.5. The number of carbonyl (C=O) groups excluding carboxylic acids is 3. The number of fused-ring (bicyclic) bond motifs is 1. The highest BCUT2D eigenvalue weighted by atomic mass is 16.5. The summed E-state index contributed by atoms with van der Waals surface area (Å²) >= 11 is 0. The van der Waals surface area contributed by atoms with E-state index in [0.29, 0.717) is 29.4 Å². The lowest BCUT2D eigenvalue weighted by atomic mass is 10.0. The minimum atomic E-state index is -0.933. The zero-order chi connectivity index (χ0) is 29.7. The van der Waals surface area contributed by atoms with E-state index < -0.39 is 18.0 Å². The predicted octanol–water partition coefficient (Wildman–Crippen LogP) is 4.39. The van der Waals surface area contributed by atoms with Crippen molar-refractivity contribution in [2.45, 2.75) is 26.3 Å². The van der Waals surface area contributed by atoms with Crippen LogP contribution in [0.3, 0.4) is 0 Å². The Kier molecular flexibility index (Phi) is 10.5. The fourth-order valence-electron chi connectivity index (χ4n) is 4.15. The lowest BCUT2D eigenvalue weighted by molar-refractivity contribution is -0.123. The Bertz CT molecular complexity index is 1540. The number of hydrogen-bond acceptors (Lipinski definition) is 7. The molecular weight excluding hydrogens is 538 g/mol. The first kappa shape index (κ1) is 29.7. The van der Waals surface area contributed by atoms with Gasteiger partial charge in [0.25, 0.3) is 11.8 Å². The number of alkyl carbamates (subject to hydrolysis) is 1. The number of anilines is 1. The first-order valence-corrected chi connectivity index (χ1v) is 13.5. The second kappa shape index (κ2) is 14.9. The van der Waals surface area contributed by atoms with Gasteiger partial charge >= 0.3 is 6.09 Å². The molecule has 0 saturated heterocycles. The maximum atomic E-state index is 13.1. The van der Waals surface area contributed by atoms with Crippen LogP contribution in [0.4, 0.5) is 10.5 Å². The monoisotopic (exact) mass is 571 g/mol. The normalized spacial score (nSPS) is 11.6. The van der Waals surface area contributed by atoms with Crippen molar-refractivity contribution in [3.63, 3.8) is 0 Å². The quantitative estimate of drug-likeness (QED) is 0.138. The van der Waals surface area contributed by atoms with E-state index in [-0.39, 0.29) is 25.5 Å². The highest BCUT2D eigenvalue weighted by Crippen LogP contribution is 2.28. The van der Waals surface area contributed by atoms with Crippen LogP contribution in [-0.4, -0.2) is 55.0 Å². The number of hydrogen-bond donors (Lipinski definition) is 4. The highest BCUT2D eigenvalue weighted by Gasteiger charge is 2.23. The number of nitrogens with zero attached hydrogens (tertiary/aromatic N) is 1. The Labute approximate surface area is 243 Å². The lowest BCUT2D eigenvalue weighted by Crippen LogP contribution is -2.47. The van der Waals surface area contributed by atoms with E-state index in [1.165, 1.54) is 6.21 Å². The Balaban J connectivity index is 1.39. The molecule has 11 nitrogen and oxygen atoms in total. The Morgan fingerprint density at radius 2 is 1.71 bits per heavy atom. The summed E-state index contributed by atoms with van der Waals surface area (Å²) in [6, 6.07) is 20.9. The molecule has 42 heavy (non-hydrogen) atoms. The number of aromatic amines is 1. The molecule has 0 fully saturated rings. The number of rotatable bonds is 13. The average molecular weight is 572 g/mol. The van der Waals surface area contributed by atoms with E-state index in [1.807, 2.05) is 55.6 Å². The van der Waals surface area contributed by atoms with Gasteiger partial charge in [0.05, 0.1) is 19.4 Å². The summed E-state index contributed by atoms with van der Waals surface area (Å²) in [5.74, 6) is -0.0187. The molecule has 1 aromatic heterocycles. The van der Waals surface area contributed by atoms with Crippen LogP contribution >= 0.6 is 0 Å². The third kappa shape index (κ3) is 8.34. The van der Waals surface area contributed by atoms with E-state index in [2.05, 4.69) is 26.1 Å². The summed E-state index contributed by atoms with van der Waals surface area (Å²) < 4.78 is 16.4. The molecule has 4 aromatic rings. The minimum absolute atomic E-state index is 0.172. The highest BCUT2D eigenvalue weighted by molar-refractivity contribution is 5.92. The second-order valence-electron chi connectivity index (χ2n) is 9.06. The summed E-state index contributed by atoms with van der Waals surface area (Å²) in [5, 5.41) is 10.4. The minimum Gasteiger partial charge on any atom is -0.490 e. The van der Waals surface area contributed by atoms with Crippen molar-refractivity contribution < 1.29 is 28.6 Å². The zero-order valence-corrected chi connectivity index (χ0v) is 23.4. The van der Waals surface area contributed by atoms with Gasteiger partial charge in [0, 0.05) is 29.2 Å². The van der Waals surface area contributed by atoms with E-state index >= 15 is 0 Å². The number of amides is 3. The van der Waals surface area contributed by atoms with Crippen LogP contribution in [0.25, 0.3) is 10.9 Å². The van der Waals surface area contributed by atoms with Crippen LogP contribution in [0.1, 0.15) is 25.0 Å². The molecular formula is C31H33N5O6. The maximum Gasteiger partial charge on any atom is 0.407 e. The van der Waals surface area contributed by atoms with Gasteiger partial charge in [0.1, 0.15) is 6.04 Å². The number of nitrogens with one attached hydrogen (secondary N) is 4. The smallest absolute Gasteiger partial charge is 0.407 e. The molecule has 0 saturated carbocycles. The summed E-state index contributed by atoms with van der Waals surface area (Å²) in [5.41, 5.74) is 5.57. The van der Waals surface area contributed by atoms with Crippen LogP contribution in [0, 0.1) is 0 Å². The molecule has 1 heterocycles. The van der Waals surface area contributed by atoms with Crippen molar-refractivity contribution in [3.8, 4) is 11.5 Å². The topological polar surface area (TPSA) is 143 Å². The molecule has 11 heteroatoms. The summed E-state index contributed by atoms with van der Waals surface area (Å²) in [6.07, 6.45) is 2.78. The number of para-hydroxylation sites is 2. The van der Waals surface area contributed by atoms with Gasteiger partial charge < -0.3 is 29.8 Å². The largest absolute Gasteiger partial charge is 0.490 e. The van der Waals surface area contributed by atoms with E-state index in [1.54, 1.807) is 37.3 Å². The number of carbonyl (C=O) groups is 3. The molecule has 0 spiro atoms. The van der Waals surface area contributed by atoms with Gasteiger partial charge in [-0.2, -0.15) is 5.10 Å². The molecule has 0 radical (unpaired) electrons. The molecule has 3 aromatic carbocycles. The average Bonchev–Trinajstić information content (AvgIpc) is 3.40. The van der Waals surface area contributed by atoms with Crippen LogP contribution in [0.2, 0.25) is 0 Å². The Morgan fingerprint density at radius 1 is 0.929 bits per heavy atom. The molecule has 0 unspecified atom stereocenters. The van der Waals surface area contributed by atoms with Crippen molar-refractivity contribution in [1.82, 2.24) is 15.7 Å². The van der Waals surface area contributed by atoms with Gasteiger partial charge in [-0.1, -0.05) is 36.4 Å². The molecule has 218 valence electrons. The van der Waals surface area contributed by atoms with Crippen molar-refractivity contribution in [2.75, 3.05) is 25.1 Å². The third-order valence-electron chi connectivity index (χ3n) is 6.06. The molecule has 0 bridgehead atoms. The second-order valence-corrected chi connectivity index (χ2v) is 9.06. The molecule has 0 aliphatic carbocycles. The number of ether oxygens (including phenoxy) is 3. The Hall–Kier alpha value is -5.32. The molecule has 4 N–H and O–H groups in total. The molecule has 0 aliphatic rings. The van der Waals surface area contributed by atoms with E-state index in [9.17, 15) is 14.4 Å². The third-order valence-corrected chi connectivity index (χ3v) is 6.06.